The number of aliphatic hydroxyl groups excluding tert-OH is 1. The van der Waals surface area contributed by atoms with Crippen molar-refractivity contribution < 1.29 is 9.90 Å². The maximum atomic E-state index is 10.9. The van der Waals surface area contributed by atoms with Gasteiger partial charge in [0.25, 0.3) is 0 Å². The summed E-state index contributed by atoms with van der Waals surface area (Å²) in [7, 11) is 0. The molecule has 0 heterocycles. The van der Waals surface area contributed by atoms with Crippen molar-refractivity contribution in [1.82, 2.24) is 0 Å². The fourth-order valence-electron chi connectivity index (χ4n) is 1.24. The molecule has 0 aromatic heterocycles. The summed E-state index contributed by atoms with van der Waals surface area (Å²) in [5, 5.41) is 9.18. The Morgan fingerprint density at radius 3 is 2.80 bits per heavy atom. The van der Waals surface area contributed by atoms with Crippen LogP contribution in [0.5, 0.6) is 0 Å². The van der Waals surface area contributed by atoms with Gasteiger partial charge in [-0.25, -0.2) is 0 Å². The van der Waals surface area contributed by atoms with Gasteiger partial charge in [-0.3, -0.25) is 4.79 Å². The van der Waals surface area contributed by atoms with E-state index >= 15 is 0 Å². The van der Waals surface area contributed by atoms with Crippen LogP contribution in [-0.4, -0.2) is 17.0 Å². The molecule has 2 atom stereocenters. The number of ketones is 1. The molecule has 1 aliphatic carbocycles. The van der Waals surface area contributed by atoms with Gasteiger partial charge in [0.05, 0.1) is 12.0 Å². The zero-order valence-corrected chi connectivity index (χ0v) is 6.08. The highest BCUT2D eigenvalue weighted by atomic mass is 16.3. The highest BCUT2D eigenvalue weighted by Gasteiger charge is 2.26. The Hall–Kier alpha value is -0.630. The number of hydrogen-bond donors (Lipinski definition) is 1. The summed E-state index contributed by atoms with van der Waals surface area (Å²) in [6.45, 7) is 2.01. The summed E-state index contributed by atoms with van der Waals surface area (Å²) in [6.07, 6.45) is 4.28. The van der Waals surface area contributed by atoms with Crippen molar-refractivity contribution in [3.8, 4) is 0 Å². The van der Waals surface area contributed by atoms with E-state index in [9.17, 15) is 9.90 Å². The average molecular weight is 140 g/mol. The van der Waals surface area contributed by atoms with E-state index in [4.69, 9.17) is 0 Å². The molecule has 0 aromatic carbocycles. The maximum Gasteiger partial charge on any atom is 0.161 e. The molecular weight excluding hydrogens is 128 g/mol. The van der Waals surface area contributed by atoms with Crippen molar-refractivity contribution in [3.05, 3.63) is 12.2 Å². The molecule has 2 heteroatoms. The molecule has 10 heavy (non-hydrogen) atoms. The Balaban J connectivity index is 2.52. The molecule has 0 fully saturated rings. The van der Waals surface area contributed by atoms with Gasteiger partial charge in [0.1, 0.15) is 0 Å². The number of carbonyl (C=O) groups excluding carboxylic acids is 1. The van der Waals surface area contributed by atoms with Crippen molar-refractivity contribution in [3.63, 3.8) is 0 Å². The molecule has 0 bridgehead atoms. The zero-order chi connectivity index (χ0) is 7.56. The topological polar surface area (TPSA) is 37.3 Å². The molecule has 0 radical (unpaired) electrons. The molecule has 0 saturated carbocycles. The molecule has 1 aliphatic rings. The van der Waals surface area contributed by atoms with Gasteiger partial charge in [0.2, 0.25) is 0 Å². The van der Waals surface area contributed by atoms with Gasteiger partial charge in [-0.15, -0.1) is 0 Å². The highest BCUT2D eigenvalue weighted by Crippen LogP contribution is 2.19. The quantitative estimate of drug-likeness (QED) is 0.618. The molecular formula is C8H12O2. The third kappa shape index (κ3) is 1.27. The molecule has 0 aromatic rings. The summed E-state index contributed by atoms with van der Waals surface area (Å²) < 4.78 is 0. The van der Waals surface area contributed by atoms with E-state index in [1.54, 1.807) is 6.08 Å². The van der Waals surface area contributed by atoms with Gasteiger partial charge in [-0.05, 0) is 12.5 Å². The predicted octanol–water partition coefficient (Wildman–Crippen LogP) is 0.902. The molecule has 2 nitrogen and oxygen atoms in total. The number of hydrogen-bond acceptors (Lipinski definition) is 2. The Morgan fingerprint density at radius 2 is 2.40 bits per heavy atom. The van der Waals surface area contributed by atoms with Crippen molar-refractivity contribution >= 4 is 5.78 Å². The first-order valence-corrected chi connectivity index (χ1v) is 3.66. The summed E-state index contributed by atoms with van der Waals surface area (Å²) >= 11 is 0. The first-order chi connectivity index (χ1) is 4.75. The van der Waals surface area contributed by atoms with Crippen molar-refractivity contribution in [2.45, 2.75) is 25.9 Å². The van der Waals surface area contributed by atoms with Crippen LogP contribution >= 0.6 is 0 Å². The summed E-state index contributed by atoms with van der Waals surface area (Å²) in [4.78, 5) is 10.9. The second kappa shape index (κ2) is 2.97. The standard InChI is InChI=1S/C8H12O2/c1-2-3-6-7(9)4-5-8(6)10/h4-7,9H,2-3H2,1H3. The zero-order valence-electron chi connectivity index (χ0n) is 6.08. The number of allylic oxidation sites excluding steroid dienone is 1. The van der Waals surface area contributed by atoms with Gasteiger partial charge in [-0.2, -0.15) is 0 Å². The van der Waals surface area contributed by atoms with Crippen LogP contribution < -0.4 is 0 Å². The van der Waals surface area contributed by atoms with Crippen LogP contribution in [0.25, 0.3) is 0 Å². The van der Waals surface area contributed by atoms with Gasteiger partial charge < -0.3 is 5.11 Å². The molecule has 0 aliphatic heterocycles. The van der Waals surface area contributed by atoms with Crippen molar-refractivity contribution in [1.29, 1.82) is 0 Å². The maximum absolute atomic E-state index is 10.9. The minimum Gasteiger partial charge on any atom is -0.388 e. The Labute approximate surface area is 60.6 Å². The van der Waals surface area contributed by atoms with Gasteiger partial charge >= 0.3 is 0 Å². The van der Waals surface area contributed by atoms with Crippen LogP contribution in [0.4, 0.5) is 0 Å². The van der Waals surface area contributed by atoms with E-state index in [-0.39, 0.29) is 11.7 Å². The molecule has 0 saturated heterocycles. The van der Waals surface area contributed by atoms with Crippen LogP contribution in [0.15, 0.2) is 12.2 Å². The fourth-order valence-corrected chi connectivity index (χ4v) is 1.24. The van der Waals surface area contributed by atoms with E-state index in [0.29, 0.717) is 0 Å². The molecule has 0 spiro atoms. The van der Waals surface area contributed by atoms with Crippen LogP contribution in [0.1, 0.15) is 19.8 Å². The van der Waals surface area contributed by atoms with E-state index in [1.807, 2.05) is 6.92 Å². The summed E-state index contributed by atoms with van der Waals surface area (Å²) in [6, 6.07) is 0. The van der Waals surface area contributed by atoms with Crippen LogP contribution in [-0.2, 0) is 4.79 Å². The predicted molar refractivity (Wildman–Crippen MR) is 38.6 cm³/mol. The molecule has 2 unspecified atom stereocenters. The smallest absolute Gasteiger partial charge is 0.161 e. The molecule has 56 valence electrons. The lowest BCUT2D eigenvalue weighted by atomic mass is 9.98. The SMILES string of the molecule is CCCC1C(=O)C=CC1O. The summed E-state index contributed by atoms with van der Waals surface area (Å²) in [5.74, 6) is -0.0700. The molecule has 1 rings (SSSR count). The van der Waals surface area contributed by atoms with E-state index in [1.165, 1.54) is 6.08 Å². The minimum atomic E-state index is -0.521. The normalized spacial score (nSPS) is 31.6. The Kier molecular flexibility index (Phi) is 2.22. The van der Waals surface area contributed by atoms with E-state index in [2.05, 4.69) is 0 Å². The first-order valence-electron chi connectivity index (χ1n) is 3.66. The lowest BCUT2D eigenvalue weighted by Crippen LogP contribution is -2.19. The van der Waals surface area contributed by atoms with Crippen LogP contribution in [0.2, 0.25) is 0 Å². The molecule has 0 amide bonds. The van der Waals surface area contributed by atoms with Crippen molar-refractivity contribution in [2.75, 3.05) is 0 Å². The third-order valence-corrected chi connectivity index (χ3v) is 1.84. The van der Waals surface area contributed by atoms with Crippen molar-refractivity contribution in [2.24, 2.45) is 5.92 Å². The number of rotatable bonds is 2. The number of aliphatic hydroxyl groups is 1. The molecule has 1 N–H and O–H groups in total. The van der Waals surface area contributed by atoms with E-state index in [0.717, 1.165) is 12.8 Å². The van der Waals surface area contributed by atoms with E-state index < -0.39 is 6.10 Å². The number of carbonyl (C=O) groups is 1. The minimum absolute atomic E-state index is 0.0781. The second-order valence-electron chi connectivity index (χ2n) is 2.65. The summed E-state index contributed by atoms with van der Waals surface area (Å²) in [5.41, 5.74) is 0. The fraction of sp³-hybridized carbons (Fsp3) is 0.625. The van der Waals surface area contributed by atoms with Crippen LogP contribution in [0, 0.1) is 5.92 Å². The third-order valence-electron chi connectivity index (χ3n) is 1.84. The van der Waals surface area contributed by atoms with Crippen LogP contribution in [0.3, 0.4) is 0 Å². The van der Waals surface area contributed by atoms with Gasteiger partial charge in [0.15, 0.2) is 5.78 Å². The second-order valence-corrected chi connectivity index (χ2v) is 2.65. The lowest BCUT2D eigenvalue weighted by molar-refractivity contribution is -0.119. The average Bonchev–Trinajstić information content (AvgIpc) is 2.20. The first kappa shape index (κ1) is 7.48. The Bertz CT molecular complexity index is 161. The van der Waals surface area contributed by atoms with Gasteiger partial charge in [-0.1, -0.05) is 19.4 Å². The largest absolute Gasteiger partial charge is 0.388 e. The monoisotopic (exact) mass is 140 g/mol. The highest BCUT2D eigenvalue weighted by molar-refractivity contribution is 5.94. The Morgan fingerprint density at radius 1 is 1.70 bits per heavy atom. The van der Waals surface area contributed by atoms with Gasteiger partial charge in [0, 0.05) is 0 Å². The lowest BCUT2D eigenvalue weighted by Gasteiger charge is -2.10.